The van der Waals surface area contributed by atoms with E-state index in [2.05, 4.69) is 13.8 Å². The molecule has 0 fully saturated rings. The predicted octanol–water partition coefficient (Wildman–Crippen LogP) is 2.80. The molecule has 3 rings (SSSR count). The van der Waals surface area contributed by atoms with Gasteiger partial charge in [0.15, 0.2) is 0 Å². The molecule has 2 heterocycles. The molecule has 1 aromatic carbocycles. The van der Waals surface area contributed by atoms with Gasteiger partial charge in [0.25, 0.3) is 5.56 Å². The summed E-state index contributed by atoms with van der Waals surface area (Å²) in [6, 6.07) is 11.1. The lowest BCUT2D eigenvalue weighted by molar-refractivity contribution is 0.357. The Balaban J connectivity index is 2.23. The molecule has 1 N–H and O–H groups in total. The number of hydrogen-bond acceptors (Lipinski definition) is 2. The molecule has 98 valence electrons. The number of aromatic hydroxyl groups is 1. The Morgan fingerprint density at radius 2 is 1.89 bits per heavy atom. The molecule has 2 aromatic rings. The van der Waals surface area contributed by atoms with E-state index in [0.717, 1.165) is 17.7 Å². The van der Waals surface area contributed by atoms with Crippen molar-refractivity contribution in [1.29, 1.82) is 0 Å². The fourth-order valence-electron chi connectivity index (χ4n) is 2.85. The van der Waals surface area contributed by atoms with Crippen molar-refractivity contribution in [2.75, 3.05) is 0 Å². The first-order valence-corrected chi connectivity index (χ1v) is 6.49. The van der Waals surface area contributed by atoms with Gasteiger partial charge in [-0.15, -0.1) is 0 Å². The molecule has 0 bridgehead atoms. The van der Waals surface area contributed by atoms with Crippen molar-refractivity contribution < 1.29 is 5.11 Å². The Morgan fingerprint density at radius 1 is 1.21 bits per heavy atom. The molecule has 3 heteroatoms. The summed E-state index contributed by atoms with van der Waals surface area (Å²) >= 11 is 0. The fraction of sp³-hybridized carbons (Fsp3) is 0.312. The zero-order chi connectivity index (χ0) is 13.6. The van der Waals surface area contributed by atoms with E-state index in [-0.39, 0.29) is 16.7 Å². The zero-order valence-electron chi connectivity index (χ0n) is 11.2. The van der Waals surface area contributed by atoms with Gasteiger partial charge in [-0.1, -0.05) is 44.2 Å². The minimum absolute atomic E-state index is 0.0773. The lowest BCUT2D eigenvalue weighted by Crippen LogP contribution is -2.23. The van der Waals surface area contributed by atoms with Crippen molar-refractivity contribution in [2.24, 2.45) is 5.41 Å². The second-order valence-corrected chi connectivity index (χ2v) is 5.99. The van der Waals surface area contributed by atoms with Crippen LogP contribution in [0.4, 0.5) is 0 Å². The lowest BCUT2D eigenvalue weighted by atomic mass is 9.91. The molecule has 0 saturated heterocycles. The molecule has 19 heavy (non-hydrogen) atoms. The Labute approximate surface area is 112 Å². The standard InChI is InChI=1S/C16H17NO2/c1-16(2)9-12-8-13(18)14(15(19)17(12)10-16)11-6-4-3-5-7-11/h3-8,18H,9-10H2,1-2H3. The third-order valence-electron chi connectivity index (χ3n) is 3.67. The number of fused-ring (bicyclic) bond motifs is 1. The van der Waals surface area contributed by atoms with Crippen LogP contribution in [0.25, 0.3) is 11.1 Å². The summed E-state index contributed by atoms with van der Waals surface area (Å²) in [5.41, 5.74) is 2.08. The summed E-state index contributed by atoms with van der Waals surface area (Å²) in [5.74, 6) is 0.0835. The maximum Gasteiger partial charge on any atom is 0.262 e. The zero-order valence-corrected chi connectivity index (χ0v) is 11.2. The quantitative estimate of drug-likeness (QED) is 0.851. The topological polar surface area (TPSA) is 42.2 Å². The number of nitrogens with zero attached hydrogens (tertiary/aromatic N) is 1. The van der Waals surface area contributed by atoms with Crippen LogP contribution < -0.4 is 5.56 Å². The van der Waals surface area contributed by atoms with E-state index in [1.807, 2.05) is 30.3 Å². The largest absolute Gasteiger partial charge is 0.507 e. The predicted molar refractivity (Wildman–Crippen MR) is 75.3 cm³/mol. The van der Waals surface area contributed by atoms with Gasteiger partial charge in [-0.2, -0.15) is 0 Å². The summed E-state index contributed by atoms with van der Waals surface area (Å²) in [5, 5.41) is 10.2. The van der Waals surface area contributed by atoms with Crippen molar-refractivity contribution >= 4 is 0 Å². The molecular weight excluding hydrogens is 238 g/mol. The first kappa shape index (κ1) is 12.0. The molecular formula is C16H17NO2. The minimum atomic E-state index is -0.0909. The summed E-state index contributed by atoms with van der Waals surface area (Å²) in [6.07, 6.45) is 0.824. The van der Waals surface area contributed by atoms with Crippen LogP contribution in [0, 0.1) is 5.41 Å². The van der Waals surface area contributed by atoms with Gasteiger partial charge in [-0.05, 0) is 17.4 Å². The second-order valence-electron chi connectivity index (χ2n) is 5.99. The third-order valence-corrected chi connectivity index (χ3v) is 3.67. The van der Waals surface area contributed by atoms with Gasteiger partial charge in [0, 0.05) is 18.3 Å². The van der Waals surface area contributed by atoms with Crippen LogP contribution in [0.2, 0.25) is 0 Å². The minimum Gasteiger partial charge on any atom is -0.507 e. The van der Waals surface area contributed by atoms with Gasteiger partial charge in [0.05, 0.1) is 5.56 Å². The molecule has 0 atom stereocenters. The number of pyridine rings is 1. The smallest absolute Gasteiger partial charge is 0.262 e. The average Bonchev–Trinajstić information content (AvgIpc) is 2.65. The first-order valence-electron chi connectivity index (χ1n) is 6.49. The van der Waals surface area contributed by atoms with Crippen LogP contribution in [-0.2, 0) is 13.0 Å². The van der Waals surface area contributed by atoms with E-state index >= 15 is 0 Å². The highest BCUT2D eigenvalue weighted by molar-refractivity contribution is 5.69. The molecule has 3 nitrogen and oxygen atoms in total. The van der Waals surface area contributed by atoms with Crippen LogP contribution in [-0.4, -0.2) is 9.67 Å². The van der Waals surface area contributed by atoms with E-state index in [4.69, 9.17) is 0 Å². The van der Waals surface area contributed by atoms with Crippen molar-refractivity contribution in [3.05, 3.63) is 52.4 Å². The van der Waals surface area contributed by atoms with Crippen LogP contribution in [0.5, 0.6) is 5.75 Å². The first-order chi connectivity index (χ1) is 8.98. The van der Waals surface area contributed by atoms with Gasteiger partial charge in [-0.25, -0.2) is 0 Å². The van der Waals surface area contributed by atoms with E-state index < -0.39 is 0 Å². The normalized spacial score (nSPS) is 16.3. The SMILES string of the molecule is CC1(C)Cc2cc(O)c(-c3ccccc3)c(=O)n2C1. The van der Waals surface area contributed by atoms with Gasteiger partial charge >= 0.3 is 0 Å². The van der Waals surface area contributed by atoms with Gasteiger partial charge in [0.2, 0.25) is 0 Å². The van der Waals surface area contributed by atoms with Gasteiger partial charge in [-0.3, -0.25) is 4.79 Å². The van der Waals surface area contributed by atoms with E-state index in [1.54, 1.807) is 10.6 Å². The van der Waals surface area contributed by atoms with Gasteiger partial charge < -0.3 is 9.67 Å². The molecule has 0 radical (unpaired) electrons. The number of hydrogen-bond donors (Lipinski definition) is 1. The maximum atomic E-state index is 12.6. The van der Waals surface area contributed by atoms with E-state index in [9.17, 15) is 9.90 Å². The van der Waals surface area contributed by atoms with Crippen LogP contribution in [0.1, 0.15) is 19.5 Å². The summed E-state index contributed by atoms with van der Waals surface area (Å²) in [6.45, 7) is 4.98. The fourth-order valence-corrected chi connectivity index (χ4v) is 2.85. The highest BCUT2D eigenvalue weighted by Gasteiger charge is 2.31. The number of benzene rings is 1. The van der Waals surface area contributed by atoms with Crippen molar-refractivity contribution in [1.82, 2.24) is 4.57 Å². The molecule has 0 unspecified atom stereocenters. The molecule has 1 aliphatic rings. The van der Waals surface area contributed by atoms with Crippen molar-refractivity contribution in [2.45, 2.75) is 26.8 Å². The maximum absolute atomic E-state index is 12.6. The van der Waals surface area contributed by atoms with E-state index in [0.29, 0.717) is 12.1 Å². The van der Waals surface area contributed by atoms with E-state index in [1.165, 1.54) is 0 Å². The highest BCUT2D eigenvalue weighted by atomic mass is 16.3. The third kappa shape index (κ3) is 1.95. The van der Waals surface area contributed by atoms with Crippen LogP contribution in [0.3, 0.4) is 0 Å². The average molecular weight is 255 g/mol. The number of aromatic nitrogens is 1. The van der Waals surface area contributed by atoms with Crippen molar-refractivity contribution in [3.8, 4) is 16.9 Å². The van der Waals surface area contributed by atoms with Gasteiger partial charge in [0.1, 0.15) is 5.75 Å². The molecule has 1 aliphatic heterocycles. The monoisotopic (exact) mass is 255 g/mol. The Hall–Kier alpha value is -2.03. The van der Waals surface area contributed by atoms with Crippen molar-refractivity contribution in [3.63, 3.8) is 0 Å². The highest BCUT2D eigenvalue weighted by Crippen LogP contribution is 2.34. The summed E-state index contributed by atoms with van der Waals surface area (Å²) in [4.78, 5) is 12.6. The summed E-state index contributed by atoms with van der Waals surface area (Å²) < 4.78 is 1.79. The molecule has 0 aliphatic carbocycles. The lowest BCUT2D eigenvalue weighted by Gasteiger charge is -2.14. The summed E-state index contributed by atoms with van der Waals surface area (Å²) in [7, 11) is 0. The Morgan fingerprint density at radius 3 is 2.58 bits per heavy atom. The second kappa shape index (κ2) is 3.98. The Bertz CT molecular complexity index is 684. The molecule has 0 saturated carbocycles. The Kier molecular flexibility index (Phi) is 2.52. The molecule has 0 amide bonds. The van der Waals surface area contributed by atoms with Crippen LogP contribution in [0.15, 0.2) is 41.2 Å². The van der Waals surface area contributed by atoms with Crippen LogP contribution >= 0.6 is 0 Å². The molecule has 0 spiro atoms. The molecule has 1 aromatic heterocycles. The number of rotatable bonds is 1.